The van der Waals surface area contributed by atoms with Gasteiger partial charge in [0, 0.05) is 30.6 Å². The number of esters is 1. The molecule has 0 N–H and O–H groups in total. The number of hydrogen-bond acceptors (Lipinski definition) is 5. The highest BCUT2D eigenvalue weighted by Crippen LogP contribution is 2.30. The first kappa shape index (κ1) is 16.8. The van der Waals surface area contributed by atoms with Crippen molar-refractivity contribution in [3.05, 3.63) is 60.2 Å². The molecule has 1 aliphatic rings. The number of carbonyl (C=O) groups is 1. The molecule has 1 aromatic heterocycles. The van der Waals surface area contributed by atoms with E-state index in [1.54, 1.807) is 6.07 Å². The minimum atomic E-state index is -0.349. The first-order chi connectivity index (χ1) is 12.8. The SMILES string of the molecule is O=C(OCCN1CCOCC1)c1cccc2cc(-c3ccccc3)oc12. The summed E-state index contributed by atoms with van der Waals surface area (Å²) in [4.78, 5) is 14.8. The number of hydrogen-bond donors (Lipinski definition) is 0. The van der Waals surface area contributed by atoms with E-state index in [9.17, 15) is 4.79 Å². The lowest BCUT2D eigenvalue weighted by atomic mass is 10.1. The van der Waals surface area contributed by atoms with E-state index < -0.39 is 0 Å². The molecule has 5 nitrogen and oxygen atoms in total. The Morgan fingerprint density at radius 2 is 1.85 bits per heavy atom. The Balaban J connectivity index is 1.48. The standard InChI is InChI=1S/C21H21NO4/c23-21(25-14-11-22-9-12-24-13-10-22)18-8-4-7-17-15-19(26-20(17)18)16-5-2-1-3-6-16/h1-8,15H,9-14H2. The Morgan fingerprint density at radius 3 is 2.65 bits per heavy atom. The van der Waals surface area contributed by atoms with Gasteiger partial charge in [-0.05, 0) is 12.1 Å². The lowest BCUT2D eigenvalue weighted by molar-refractivity contribution is 0.0196. The monoisotopic (exact) mass is 351 g/mol. The molecule has 1 fully saturated rings. The Labute approximate surface area is 152 Å². The Hall–Kier alpha value is -2.63. The fraction of sp³-hybridized carbons (Fsp3) is 0.286. The number of morpholine rings is 1. The van der Waals surface area contributed by atoms with Crippen LogP contribution in [0.2, 0.25) is 0 Å². The maximum atomic E-state index is 12.5. The second kappa shape index (κ2) is 7.72. The fourth-order valence-electron chi connectivity index (χ4n) is 3.14. The van der Waals surface area contributed by atoms with Gasteiger partial charge in [0.25, 0.3) is 0 Å². The summed E-state index contributed by atoms with van der Waals surface area (Å²) < 4.78 is 16.8. The van der Waals surface area contributed by atoms with Crippen molar-refractivity contribution in [2.75, 3.05) is 39.5 Å². The van der Waals surface area contributed by atoms with Crippen LogP contribution < -0.4 is 0 Å². The minimum absolute atomic E-state index is 0.349. The van der Waals surface area contributed by atoms with Gasteiger partial charge in [-0.15, -0.1) is 0 Å². The summed E-state index contributed by atoms with van der Waals surface area (Å²) in [5, 5.41) is 0.895. The van der Waals surface area contributed by atoms with Crippen LogP contribution in [-0.4, -0.2) is 50.3 Å². The summed E-state index contributed by atoms with van der Waals surface area (Å²) in [6, 6.07) is 17.3. The number of rotatable bonds is 5. The molecule has 0 spiro atoms. The first-order valence-corrected chi connectivity index (χ1v) is 8.86. The van der Waals surface area contributed by atoms with Crippen LogP contribution in [0.25, 0.3) is 22.3 Å². The summed E-state index contributed by atoms with van der Waals surface area (Å²) in [5.41, 5.74) is 2.02. The van der Waals surface area contributed by atoms with Crippen LogP contribution in [-0.2, 0) is 9.47 Å². The van der Waals surface area contributed by atoms with E-state index >= 15 is 0 Å². The number of ether oxygens (including phenoxy) is 2. The highest BCUT2D eigenvalue weighted by Gasteiger charge is 2.17. The third-order valence-corrected chi connectivity index (χ3v) is 4.57. The maximum Gasteiger partial charge on any atom is 0.342 e. The van der Waals surface area contributed by atoms with Crippen molar-refractivity contribution >= 4 is 16.9 Å². The molecule has 0 bridgehead atoms. The summed E-state index contributed by atoms with van der Waals surface area (Å²) in [7, 11) is 0. The van der Waals surface area contributed by atoms with Gasteiger partial charge in [0.1, 0.15) is 23.5 Å². The summed E-state index contributed by atoms with van der Waals surface area (Å²) in [6.07, 6.45) is 0. The van der Waals surface area contributed by atoms with E-state index in [4.69, 9.17) is 13.9 Å². The van der Waals surface area contributed by atoms with Crippen molar-refractivity contribution in [3.63, 3.8) is 0 Å². The van der Waals surface area contributed by atoms with Gasteiger partial charge in [0.2, 0.25) is 0 Å². The average Bonchev–Trinajstić information content (AvgIpc) is 3.14. The van der Waals surface area contributed by atoms with Crippen molar-refractivity contribution in [1.29, 1.82) is 0 Å². The molecule has 2 heterocycles. The van der Waals surface area contributed by atoms with Crippen LogP contribution in [0.15, 0.2) is 59.0 Å². The number of furan rings is 1. The van der Waals surface area contributed by atoms with E-state index in [2.05, 4.69) is 4.90 Å². The molecule has 0 radical (unpaired) electrons. The van der Waals surface area contributed by atoms with Gasteiger partial charge in [0.05, 0.1) is 13.2 Å². The van der Waals surface area contributed by atoms with Crippen molar-refractivity contribution < 1.29 is 18.7 Å². The lowest BCUT2D eigenvalue weighted by Crippen LogP contribution is -2.38. The van der Waals surface area contributed by atoms with Gasteiger partial charge in [-0.2, -0.15) is 0 Å². The molecule has 0 saturated carbocycles. The molecule has 0 amide bonds. The predicted octanol–water partition coefficient (Wildman–Crippen LogP) is 3.59. The van der Waals surface area contributed by atoms with Crippen molar-refractivity contribution in [2.45, 2.75) is 0 Å². The molecule has 5 heteroatoms. The van der Waals surface area contributed by atoms with Crippen LogP contribution in [0.5, 0.6) is 0 Å². The van der Waals surface area contributed by atoms with E-state index in [0.717, 1.165) is 49.6 Å². The summed E-state index contributed by atoms with van der Waals surface area (Å²) in [5.74, 6) is 0.395. The molecule has 134 valence electrons. The molecular weight excluding hydrogens is 330 g/mol. The van der Waals surface area contributed by atoms with E-state index in [1.807, 2.05) is 48.5 Å². The maximum absolute atomic E-state index is 12.5. The Morgan fingerprint density at radius 1 is 1.04 bits per heavy atom. The molecule has 0 unspecified atom stereocenters. The zero-order valence-corrected chi connectivity index (χ0v) is 14.5. The number of benzene rings is 2. The first-order valence-electron chi connectivity index (χ1n) is 8.86. The molecule has 26 heavy (non-hydrogen) atoms. The smallest absolute Gasteiger partial charge is 0.342 e. The molecule has 1 saturated heterocycles. The highest BCUT2D eigenvalue weighted by atomic mass is 16.5. The largest absolute Gasteiger partial charge is 0.461 e. The number of fused-ring (bicyclic) bond motifs is 1. The molecular formula is C21H21NO4. The number of nitrogens with zero attached hydrogens (tertiary/aromatic N) is 1. The minimum Gasteiger partial charge on any atom is -0.461 e. The van der Waals surface area contributed by atoms with E-state index in [1.165, 1.54) is 0 Å². The van der Waals surface area contributed by atoms with Crippen LogP contribution in [0.1, 0.15) is 10.4 Å². The third-order valence-electron chi connectivity index (χ3n) is 4.57. The fourth-order valence-corrected chi connectivity index (χ4v) is 3.14. The van der Waals surface area contributed by atoms with E-state index in [-0.39, 0.29) is 5.97 Å². The molecule has 1 aliphatic heterocycles. The van der Waals surface area contributed by atoms with Gasteiger partial charge >= 0.3 is 5.97 Å². The zero-order chi connectivity index (χ0) is 17.8. The predicted molar refractivity (Wildman–Crippen MR) is 99.2 cm³/mol. The van der Waals surface area contributed by atoms with Crippen molar-refractivity contribution in [1.82, 2.24) is 4.90 Å². The number of carbonyl (C=O) groups excluding carboxylic acids is 1. The van der Waals surface area contributed by atoms with Gasteiger partial charge in [0.15, 0.2) is 0 Å². The van der Waals surface area contributed by atoms with Gasteiger partial charge in [-0.3, -0.25) is 4.90 Å². The summed E-state index contributed by atoms with van der Waals surface area (Å²) >= 11 is 0. The van der Waals surface area contributed by atoms with Gasteiger partial charge in [-0.1, -0.05) is 42.5 Å². The van der Waals surface area contributed by atoms with Gasteiger partial charge < -0.3 is 13.9 Å². The normalized spacial score (nSPS) is 15.2. The molecule has 0 atom stereocenters. The van der Waals surface area contributed by atoms with Crippen LogP contribution in [0, 0.1) is 0 Å². The van der Waals surface area contributed by atoms with Crippen LogP contribution >= 0.6 is 0 Å². The highest BCUT2D eigenvalue weighted by molar-refractivity contribution is 6.03. The molecule has 3 aromatic rings. The van der Waals surface area contributed by atoms with Crippen molar-refractivity contribution in [3.8, 4) is 11.3 Å². The zero-order valence-electron chi connectivity index (χ0n) is 14.5. The Bertz CT molecular complexity index is 881. The summed E-state index contributed by atoms with van der Waals surface area (Å²) in [6.45, 7) is 4.32. The van der Waals surface area contributed by atoms with Crippen LogP contribution in [0.4, 0.5) is 0 Å². The molecule has 4 rings (SSSR count). The molecule has 0 aliphatic carbocycles. The second-order valence-corrected chi connectivity index (χ2v) is 6.29. The molecule has 2 aromatic carbocycles. The van der Waals surface area contributed by atoms with E-state index in [0.29, 0.717) is 17.8 Å². The van der Waals surface area contributed by atoms with Crippen LogP contribution in [0.3, 0.4) is 0 Å². The third kappa shape index (κ3) is 3.64. The van der Waals surface area contributed by atoms with Gasteiger partial charge in [-0.25, -0.2) is 4.79 Å². The number of para-hydroxylation sites is 1. The Kier molecular flexibility index (Phi) is 5.00. The lowest BCUT2D eigenvalue weighted by Gasteiger charge is -2.26. The van der Waals surface area contributed by atoms with Crippen molar-refractivity contribution in [2.24, 2.45) is 0 Å². The topological polar surface area (TPSA) is 51.9 Å². The second-order valence-electron chi connectivity index (χ2n) is 6.29. The quantitative estimate of drug-likeness (QED) is 0.658. The average molecular weight is 351 g/mol.